The first-order chi connectivity index (χ1) is 12.4. The predicted molar refractivity (Wildman–Crippen MR) is 89.3 cm³/mol. The van der Waals surface area contributed by atoms with Crippen LogP contribution < -0.4 is 10.6 Å². The summed E-state index contributed by atoms with van der Waals surface area (Å²) in [6.07, 6.45) is -1.14. The fraction of sp³-hybridized carbons (Fsp3) is 0.167. The van der Waals surface area contributed by atoms with Crippen molar-refractivity contribution in [3.63, 3.8) is 0 Å². The van der Waals surface area contributed by atoms with Gasteiger partial charge in [0, 0.05) is 5.69 Å². The van der Waals surface area contributed by atoms with E-state index in [-0.39, 0.29) is 5.56 Å². The van der Waals surface area contributed by atoms with Crippen molar-refractivity contribution in [3.05, 3.63) is 65.7 Å². The summed E-state index contributed by atoms with van der Waals surface area (Å²) < 4.78 is 31.2. The van der Waals surface area contributed by atoms with Crippen LogP contribution in [-0.4, -0.2) is 30.4 Å². The Morgan fingerprint density at radius 1 is 1.04 bits per heavy atom. The van der Waals surface area contributed by atoms with E-state index in [0.29, 0.717) is 5.69 Å². The van der Waals surface area contributed by atoms with Gasteiger partial charge in [0.05, 0.1) is 5.56 Å². The average Bonchev–Trinajstić information content (AvgIpc) is 2.62. The minimum absolute atomic E-state index is 0.206. The van der Waals surface area contributed by atoms with E-state index in [9.17, 15) is 23.2 Å². The molecule has 0 aliphatic rings. The van der Waals surface area contributed by atoms with E-state index in [0.717, 1.165) is 6.07 Å². The second kappa shape index (κ2) is 8.70. The molecule has 0 heterocycles. The Morgan fingerprint density at radius 3 is 2.35 bits per heavy atom. The summed E-state index contributed by atoms with van der Waals surface area (Å²) in [6.45, 7) is 0.816. The zero-order chi connectivity index (χ0) is 19.1. The number of carbonyl (C=O) groups is 3. The van der Waals surface area contributed by atoms with E-state index < -0.39 is 42.1 Å². The summed E-state index contributed by atoms with van der Waals surface area (Å²) in [6, 6.07) is 10.4. The molecule has 2 N–H and O–H groups in total. The zero-order valence-corrected chi connectivity index (χ0v) is 13.8. The van der Waals surface area contributed by atoms with Gasteiger partial charge in [0.2, 0.25) is 0 Å². The molecule has 0 saturated heterocycles. The van der Waals surface area contributed by atoms with Gasteiger partial charge in [-0.15, -0.1) is 0 Å². The van der Waals surface area contributed by atoms with Crippen LogP contribution in [0.25, 0.3) is 0 Å². The Morgan fingerprint density at radius 2 is 1.69 bits per heavy atom. The molecule has 6 nitrogen and oxygen atoms in total. The van der Waals surface area contributed by atoms with Crippen molar-refractivity contribution >= 4 is 23.5 Å². The molecular weight excluding hydrogens is 346 g/mol. The third kappa shape index (κ3) is 5.37. The Labute approximate surface area is 148 Å². The van der Waals surface area contributed by atoms with Crippen LogP contribution in [0.2, 0.25) is 0 Å². The van der Waals surface area contributed by atoms with Crippen LogP contribution in [0, 0.1) is 11.6 Å². The first kappa shape index (κ1) is 19.0. The summed E-state index contributed by atoms with van der Waals surface area (Å²) in [5.41, 5.74) is 0.134. The number of hydrogen-bond donors (Lipinski definition) is 2. The quantitative estimate of drug-likeness (QED) is 0.772. The van der Waals surface area contributed by atoms with Gasteiger partial charge in [-0.1, -0.05) is 12.1 Å². The minimum Gasteiger partial charge on any atom is -0.451 e. The molecule has 2 rings (SSSR count). The molecule has 1 atom stereocenters. The number of halogens is 2. The molecule has 8 heteroatoms. The predicted octanol–water partition coefficient (Wildman–Crippen LogP) is 2.26. The summed E-state index contributed by atoms with van der Waals surface area (Å²) in [4.78, 5) is 35.4. The normalized spacial score (nSPS) is 11.3. The number of hydrogen-bond acceptors (Lipinski definition) is 4. The first-order valence-electron chi connectivity index (χ1n) is 7.65. The van der Waals surface area contributed by atoms with E-state index in [4.69, 9.17) is 4.74 Å². The maximum atomic E-state index is 13.5. The summed E-state index contributed by atoms with van der Waals surface area (Å²) >= 11 is 0. The maximum Gasteiger partial charge on any atom is 0.326 e. The number of rotatable bonds is 6. The van der Waals surface area contributed by atoms with Crippen LogP contribution >= 0.6 is 0 Å². The van der Waals surface area contributed by atoms with Crippen molar-refractivity contribution in [2.75, 3.05) is 11.9 Å². The van der Waals surface area contributed by atoms with E-state index in [1.54, 1.807) is 0 Å². The van der Waals surface area contributed by atoms with Crippen LogP contribution in [-0.2, 0) is 14.3 Å². The van der Waals surface area contributed by atoms with Crippen LogP contribution in [0.5, 0.6) is 0 Å². The molecule has 0 saturated carbocycles. The molecule has 0 spiro atoms. The van der Waals surface area contributed by atoms with Gasteiger partial charge < -0.3 is 15.4 Å². The van der Waals surface area contributed by atoms with E-state index in [2.05, 4.69) is 10.6 Å². The summed E-state index contributed by atoms with van der Waals surface area (Å²) in [5, 5.41) is 4.67. The molecule has 2 aromatic carbocycles. The molecule has 136 valence electrons. The molecule has 0 bridgehead atoms. The van der Waals surface area contributed by atoms with Gasteiger partial charge in [0.1, 0.15) is 18.2 Å². The lowest BCUT2D eigenvalue weighted by Gasteiger charge is -2.14. The molecule has 0 aliphatic carbocycles. The topological polar surface area (TPSA) is 84.5 Å². The second-order valence-electron chi connectivity index (χ2n) is 5.29. The van der Waals surface area contributed by atoms with Gasteiger partial charge in [0.15, 0.2) is 6.10 Å². The molecule has 0 unspecified atom stereocenters. The van der Waals surface area contributed by atoms with Crippen molar-refractivity contribution in [2.45, 2.75) is 13.0 Å². The average molecular weight is 362 g/mol. The Balaban J connectivity index is 1.81. The molecule has 2 aromatic rings. The van der Waals surface area contributed by atoms with Crippen molar-refractivity contribution in [1.29, 1.82) is 0 Å². The number of carbonyl (C=O) groups excluding carboxylic acids is 3. The highest BCUT2D eigenvalue weighted by Gasteiger charge is 2.19. The zero-order valence-electron chi connectivity index (χ0n) is 13.8. The SMILES string of the molecule is C[C@H](OC(=O)CNC(=O)c1ccccc1F)C(=O)Nc1ccc(F)cc1. The summed E-state index contributed by atoms with van der Waals surface area (Å²) in [7, 11) is 0. The van der Waals surface area contributed by atoms with Crippen molar-refractivity contribution in [1.82, 2.24) is 5.32 Å². The third-order valence-electron chi connectivity index (χ3n) is 3.30. The van der Waals surface area contributed by atoms with Gasteiger partial charge in [-0.25, -0.2) is 8.78 Å². The molecule has 26 heavy (non-hydrogen) atoms. The van der Waals surface area contributed by atoms with Gasteiger partial charge in [-0.2, -0.15) is 0 Å². The highest BCUT2D eigenvalue weighted by Crippen LogP contribution is 2.09. The van der Waals surface area contributed by atoms with Crippen LogP contribution in [0.1, 0.15) is 17.3 Å². The smallest absolute Gasteiger partial charge is 0.326 e. The number of ether oxygens (including phenoxy) is 1. The largest absolute Gasteiger partial charge is 0.451 e. The van der Waals surface area contributed by atoms with E-state index >= 15 is 0 Å². The van der Waals surface area contributed by atoms with Crippen molar-refractivity contribution in [2.24, 2.45) is 0 Å². The first-order valence-corrected chi connectivity index (χ1v) is 7.65. The Hall–Kier alpha value is -3.29. The maximum absolute atomic E-state index is 13.5. The van der Waals surface area contributed by atoms with Gasteiger partial charge in [-0.05, 0) is 43.3 Å². The molecule has 0 radical (unpaired) electrons. The van der Waals surface area contributed by atoms with Gasteiger partial charge in [0.25, 0.3) is 11.8 Å². The van der Waals surface area contributed by atoms with E-state index in [1.807, 2.05) is 0 Å². The van der Waals surface area contributed by atoms with Crippen molar-refractivity contribution in [3.8, 4) is 0 Å². The fourth-order valence-electron chi connectivity index (χ4n) is 1.96. The highest BCUT2D eigenvalue weighted by molar-refractivity contribution is 5.97. The number of esters is 1. The highest BCUT2D eigenvalue weighted by atomic mass is 19.1. The second-order valence-corrected chi connectivity index (χ2v) is 5.29. The number of amides is 2. The van der Waals surface area contributed by atoms with Gasteiger partial charge in [-0.3, -0.25) is 14.4 Å². The minimum atomic E-state index is -1.14. The van der Waals surface area contributed by atoms with Gasteiger partial charge >= 0.3 is 5.97 Å². The molecular formula is C18H16F2N2O4. The summed E-state index contributed by atoms with van der Waals surface area (Å²) in [5.74, 6) is -3.43. The lowest BCUT2D eigenvalue weighted by atomic mass is 10.2. The third-order valence-corrected chi connectivity index (χ3v) is 3.30. The molecule has 0 aromatic heterocycles. The fourth-order valence-corrected chi connectivity index (χ4v) is 1.96. The Kier molecular flexibility index (Phi) is 6.37. The van der Waals surface area contributed by atoms with Crippen LogP contribution in [0.15, 0.2) is 48.5 Å². The van der Waals surface area contributed by atoms with E-state index in [1.165, 1.54) is 49.4 Å². The number of benzene rings is 2. The Bertz CT molecular complexity index is 809. The molecule has 0 fully saturated rings. The molecule has 2 amide bonds. The van der Waals surface area contributed by atoms with Crippen LogP contribution in [0.3, 0.4) is 0 Å². The lowest BCUT2D eigenvalue weighted by Crippen LogP contribution is -2.36. The number of anilines is 1. The van der Waals surface area contributed by atoms with Crippen LogP contribution in [0.4, 0.5) is 14.5 Å². The standard InChI is InChI=1S/C18H16F2N2O4/c1-11(17(24)22-13-8-6-12(19)7-9-13)26-16(23)10-21-18(25)14-4-2-3-5-15(14)20/h2-9,11H,10H2,1H3,(H,21,25)(H,22,24)/t11-/m0/s1. The number of nitrogens with one attached hydrogen (secondary N) is 2. The van der Waals surface area contributed by atoms with Crippen molar-refractivity contribution < 1.29 is 27.9 Å². The molecule has 0 aliphatic heterocycles. The monoisotopic (exact) mass is 362 g/mol. The lowest BCUT2D eigenvalue weighted by molar-refractivity contribution is -0.152.